The Labute approximate surface area is 113 Å². The smallest absolute Gasteiger partial charge is 0.358 e. The summed E-state index contributed by atoms with van der Waals surface area (Å²) in [7, 11) is 0. The van der Waals surface area contributed by atoms with E-state index in [2.05, 4.69) is 26.3 Å². The molecule has 1 N–H and O–H groups in total. The Hall–Kier alpha value is -1.44. The fourth-order valence-corrected chi connectivity index (χ4v) is 1.80. The maximum absolute atomic E-state index is 11.6. The number of rotatable bonds is 6. The van der Waals surface area contributed by atoms with Crippen LogP contribution in [0.3, 0.4) is 0 Å². The Kier molecular flexibility index (Phi) is 5.26. The molecule has 0 bridgehead atoms. The highest BCUT2D eigenvalue weighted by Gasteiger charge is 2.24. The monoisotopic (exact) mass is 318 g/mol. The highest BCUT2D eigenvalue weighted by molar-refractivity contribution is 9.10. The van der Waals surface area contributed by atoms with Crippen LogP contribution in [-0.4, -0.2) is 27.2 Å². The van der Waals surface area contributed by atoms with Crippen molar-refractivity contribution in [3.8, 4) is 0 Å². The molecule has 0 spiro atoms. The third kappa shape index (κ3) is 3.52. The summed E-state index contributed by atoms with van der Waals surface area (Å²) in [6.45, 7) is 4.30. The molecule has 0 aliphatic carbocycles. The number of carbonyl (C=O) groups excluding carboxylic acids is 1. The number of carbonyl (C=O) groups is 1. The predicted molar refractivity (Wildman–Crippen MR) is 69.2 cm³/mol. The van der Waals surface area contributed by atoms with Crippen LogP contribution in [0.4, 0.5) is 5.82 Å². The zero-order chi connectivity index (χ0) is 13.7. The van der Waals surface area contributed by atoms with E-state index in [0.717, 1.165) is 12.8 Å². The highest BCUT2D eigenvalue weighted by atomic mass is 79.9. The van der Waals surface area contributed by atoms with Crippen molar-refractivity contribution in [2.45, 2.75) is 33.2 Å². The summed E-state index contributed by atoms with van der Waals surface area (Å²) in [5, 5.41) is 17.2. The van der Waals surface area contributed by atoms with Gasteiger partial charge in [-0.15, -0.1) is 0 Å². The number of unbranched alkanes of at least 4 members (excludes halogenated alkanes) is 1. The zero-order valence-electron chi connectivity index (χ0n) is 10.3. The number of nitrogens with zero attached hydrogens (tertiary/aromatic N) is 3. The summed E-state index contributed by atoms with van der Waals surface area (Å²) in [6.07, 6.45) is 1.91. The number of amides is 1. The van der Waals surface area contributed by atoms with Crippen LogP contribution in [0.25, 0.3) is 0 Å². The highest BCUT2D eigenvalue weighted by Crippen LogP contribution is 2.26. The van der Waals surface area contributed by atoms with Gasteiger partial charge in [0.05, 0.1) is 10.8 Å². The lowest BCUT2D eigenvalue weighted by Crippen LogP contribution is -2.29. The molecule has 8 heteroatoms. The van der Waals surface area contributed by atoms with Gasteiger partial charge in [-0.05, 0) is 34.2 Å². The number of nitrogens with one attached hydrogen (secondary N) is 1. The van der Waals surface area contributed by atoms with Crippen LogP contribution < -0.4 is 5.32 Å². The van der Waals surface area contributed by atoms with Crippen LogP contribution in [0, 0.1) is 17.0 Å². The fraction of sp³-hybridized carbons (Fsp3) is 0.600. The molecule has 0 aromatic carbocycles. The number of nitro groups is 1. The molecule has 0 radical (unpaired) electrons. The SMILES string of the molecule is CCCCNC(=O)Cn1nc([N+](=O)[O-])c(Br)c1C. The molecule has 0 unspecified atom stereocenters. The topological polar surface area (TPSA) is 90.1 Å². The Morgan fingerprint density at radius 2 is 2.28 bits per heavy atom. The Bertz CT molecular complexity index is 458. The molecular formula is C10H15BrN4O3. The van der Waals surface area contributed by atoms with Gasteiger partial charge in [-0.2, -0.15) is 4.68 Å². The van der Waals surface area contributed by atoms with Crippen LogP contribution in [0.15, 0.2) is 4.47 Å². The van der Waals surface area contributed by atoms with E-state index in [1.165, 1.54) is 4.68 Å². The van der Waals surface area contributed by atoms with Gasteiger partial charge in [-0.25, -0.2) is 0 Å². The van der Waals surface area contributed by atoms with Gasteiger partial charge in [0.2, 0.25) is 5.91 Å². The lowest BCUT2D eigenvalue weighted by molar-refractivity contribution is -0.390. The molecule has 1 heterocycles. The molecular weight excluding hydrogens is 304 g/mol. The molecule has 0 atom stereocenters. The molecule has 7 nitrogen and oxygen atoms in total. The van der Waals surface area contributed by atoms with Crippen molar-refractivity contribution in [1.82, 2.24) is 15.1 Å². The van der Waals surface area contributed by atoms with Crippen LogP contribution in [0.2, 0.25) is 0 Å². The van der Waals surface area contributed by atoms with Crippen LogP contribution in [0.1, 0.15) is 25.5 Å². The molecule has 0 aliphatic heterocycles. The standard InChI is InChI=1S/C10H15BrN4O3/c1-3-4-5-12-8(16)6-14-7(2)9(11)10(13-14)15(17)18/h3-6H2,1-2H3,(H,12,16). The summed E-state index contributed by atoms with van der Waals surface area (Å²) in [6, 6.07) is 0. The van der Waals surface area contributed by atoms with E-state index in [9.17, 15) is 14.9 Å². The lowest BCUT2D eigenvalue weighted by atomic mass is 10.3. The Morgan fingerprint density at radius 3 is 2.78 bits per heavy atom. The van der Waals surface area contributed by atoms with E-state index >= 15 is 0 Å². The van der Waals surface area contributed by atoms with Crippen molar-refractivity contribution >= 4 is 27.7 Å². The zero-order valence-corrected chi connectivity index (χ0v) is 11.9. The van der Waals surface area contributed by atoms with Crippen molar-refractivity contribution < 1.29 is 9.72 Å². The van der Waals surface area contributed by atoms with Crippen molar-refractivity contribution in [3.63, 3.8) is 0 Å². The van der Waals surface area contributed by atoms with E-state index in [1.807, 2.05) is 6.92 Å². The van der Waals surface area contributed by atoms with Gasteiger partial charge in [0.1, 0.15) is 11.0 Å². The summed E-state index contributed by atoms with van der Waals surface area (Å²) < 4.78 is 1.64. The molecule has 0 saturated carbocycles. The summed E-state index contributed by atoms with van der Waals surface area (Å²) in [5.41, 5.74) is 0.562. The molecule has 1 aromatic heterocycles. The quantitative estimate of drug-likeness (QED) is 0.491. The minimum absolute atomic E-state index is 0.0119. The number of hydrogen-bond donors (Lipinski definition) is 1. The molecule has 1 rings (SSSR count). The first kappa shape index (κ1) is 14.6. The van der Waals surface area contributed by atoms with Crippen LogP contribution >= 0.6 is 15.9 Å². The first-order valence-electron chi connectivity index (χ1n) is 5.61. The molecule has 100 valence electrons. The minimum Gasteiger partial charge on any atom is -0.358 e. The lowest BCUT2D eigenvalue weighted by Gasteiger charge is -2.03. The fourth-order valence-electron chi connectivity index (χ4n) is 1.38. The van der Waals surface area contributed by atoms with E-state index in [-0.39, 0.29) is 18.3 Å². The maximum Gasteiger partial charge on any atom is 0.404 e. The van der Waals surface area contributed by atoms with Crippen molar-refractivity contribution in [1.29, 1.82) is 0 Å². The van der Waals surface area contributed by atoms with E-state index in [4.69, 9.17) is 0 Å². The van der Waals surface area contributed by atoms with E-state index in [1.54, 1.807) is 6.92 Å². The average Bonchev–Trinajstić information content (AvgIpc) is 2.58. The third-order valence-corrected chi connectivity index (χ3v) is 3.36. The average molecular weight is 319 g/mol. The second kappa shape index (κ2) is 6.48. The molecule has 0 aliphatic rings. The van der Waals surface area contributed by atoms with Gasteiger partial charge in [0.15, 0.2) is 0 Å². The van der Waals surface area contributed by atoms with Gasteiger partial charge < -0.3 is 15.4 Å². The molecule has 18 heavy (non-hydrogen) atoms. The molecule has 0 saturated heterocycles. The summed E-state index contributed by atoms with van der Waals surface area (Å²) in [5.74, 6) is -0.467. The Morgan fingerprint density at radius 1 is 1.61 bits per heavy atom. The predicted octanol–water partition coefficient (Wildman–Crippen LogP) is 1.78. The van der Waals surface area contributed by atoms with E-state index in [0.29, 0.717) is 16.7 Å². The van der Waals surface area contributed by atoms with Crippen LogP contribution in [0.5, 0.6) is 0 Å². The summed E-state index contributed by atoms with van der Waals surface area (Å²) >= 11 is 3.10. The van der Waals surface area contributed by atoms with Gasteiger partial charge in [0.25, 0.3) is 0 Å². The third-order valence-electron chi connectivity index (χ3n) is 2.44. The van der Waals surface area contributed by atoms with Crippen molar-refractivity contribution in [2.24, 2.45) is 0 Å². The van der Waals surface area contributed by atoms with Crippen molar-refractivity contribution in [2.75, 3.05) is 6.54 Å². The first-order chi connectivity index (χ1) is 8.47. The summed E-state index contributed by atoms with van der Waals surface area (Å²) in [4.78, 5) is 21.7. The maximum atomic E-state index is 11.6. The van der Waals surface area contributed by atoms with Gasteiger partial charge in [-0.3, -0.25) is 4.79 Å². The van der Waals surface area contributed by atoms with Gasteiger partial charge in [-0.1, -0.05) is 13.3 Å². The first-order valence-corrected chi connectivity index (χ1v) is 6.40. The normalized spacial score (nSPS) is 10.4. The number of aromatic nitrogens is 2. The van der Waals surface area contributed by atoms with E-state index < -0.39 is 4.92 Å². The number of halogens is 1. The second-order valence-corrected chi connectivity index (χ2v) is 4.63. The second-order valence-electron chi connectivity index (χ2n) is 3.84. The minimum atomic E-state index is -0.581. The molecule has 1 amide bonds. The largest absolute Gasteiger partial charge is 0.404 e. The Balaban J connectivity index is 2.70. The van der Waals surface area contributed by atoms with Gasteiger partial charge in [0, 0.05) is 6.54 Å². The number of hydrogen-bond acceptors (Lipinski definition) is 4. The van der Waals surface area contributed by atoms with Crippen LogP contribution in [-0.2, 0) is 11.3 Å². The molecule has 1 aromatic rings. The van der Waals surface area contributed by atoms with Gasteiger partial charge >= 0.3 is 5.82 Å². The van der Waals surface area contributed by atoms with Crippen molar-refractivity contribution in [3.05, 3.63) is 20.3 Å². The molecule has 0 fully saturated rings.